The van der Waals surface area contributed by atoms with Gasteiger partial charge in [0, 0.05) is 0 Å². The number of ether oxygens (including phenoxy) is 1. The molecule has 3 nitrogen and oxygen atoms in total. The Labute approximate surface area is 112 Å². The highest BCUT2D eigenvalue weighted by Gasteiger charge is 2.19. The van der Waals surface area contributed by atoms with E-state index in [4.69, 9.17) is 4.74 Å². The number of carbonyl (C=O) groups excluding carboxylic acids is 1. The third-order valence-electron chi connectivity index (χ3n) is 3.46. The molecular weight excluding hydrogens is 226 g/mol. The van der Waals surface area contributed by atoms with Crippen molar-refractivity contribution in [2.75, 3.05) is 13.1 Å². The molecule has 3 heteroatoms. The molecule has 0 aromatic rings. The molecule has 0 aromatic carbocycles. The Morgan fingerprint density at radius 3 is 2.67 bits per heavy atom. The first-order chi connectivity index (χ1) is 8.37. The molecule has 0 amide bonds. The van der Waals surface area contributed by atoms with Gasteiger partial charge in [-0.3, -0.25) is 4.79 Å². The minimum atomic E-state index is -0.377. The second-order valence-electron chi connectivity index (χ2n) is 6.69. The molecule has 1 aliphatic rings. The fraction of sp³-hybridized carbons (Fsp3) is 0.933. The molecule has 0 radical (unpaired) electrons. The van der Waals surface area contributed by atoms with E-state index >= 15 is 0 Å². The van der Waals surface area contributed by atoms with Crippen LogP contribution in [-0.2, 0) is 9.53 Å². The van der Waals surface area contributed by atoms with E-state index in [0.29, 0.717) is 6.54 Å². The quantitative estimate of drug-likeness (QED) is 0.606. The van der Waals surface area contributed by atoms with Crippen LogP contribution in [0.2, 0.25) is 0 Å². The summed E-state index contributed by atoms with van der Waals surface area (Å²) in [4.78, 5) is 11.5. The van der Waals surface area contributed by atoms with Crippen molar-refractivity contribution >= 4 is 5.97 Å². The van der Waals surface area contributed by atoms with Crippen LogP contribution in [0.5, 0.6) is 0 Å². The van der Waals surface area contributed by atoms with E-state index in [-0.39, 0.29) is 11.6 Å². The summed E-state index contributed by atoms with van der Waals surface area (Å²) in [5.41, 5.74) is -0.377. The van der Waals surface area contributed by atoms with Crippen LogP contribution in [0.25, 0.3) is 0 Å². The fourth-order valence-corrected chi connectivity index (χ4v) is 2.70. The number of carbonyl (C=O) groups is 1. The Bertz CT molecular complexity index is 258. The minimum Gasteiger partial charge on any atom is -0.459 e. The second-order valence-corrected chi connectivity index (χ2v) is 6.69. The summed E-state index contributed by atoms with van der Waals surface area (Å²) in [5, 5.41) is 3.20. The molecule has 0 bridgehead atoms. The van der Waals surface area contributed by atoms with Crippen LogP contribution in [0.3, 0.4) is 0 Å². The van der Waals surface area contributed by atoms with Crippen LogP contribution in [0.1, 0.15) is 59.8 Å². The lowest BCUT2D eigenvalue weighted by Crippen LogP contribution is -2.32. The Hall–Kier alpha value is -0.570. The molecule has 1 N–H and O–H groups in total. The second kappa shape index (κ2) is 7.13. The molecular formula is C15H29NO2. The molecule has 1 fully saturated rings. The summed E-state index contributed by atoms with van der Waals surface area (Å²) in [5.74, 6) is 1.58. The first-order valence-corrected chi connectivity index (χ1v) is 7.29. The van der Waals surface area contributed by atoms with Gasteiger partial charge < -0.3 is 10.1 Å². The van der Waals surface area contributed by atoms with Crippen molar-refractivity contribution in [3.8, 4) is 0 Å². The van der Waals surface area contributed by atoms with Crippen LogP contribution in [0, 0.1) is 11.8 Å². The van der Waals surface area contributed by atoms with Gasteiger partial charge in [-0.15, -0.1) is 0 Å². The van der Waals surface area contributed by atoms with Gasteiger partial charge >= 0.3 is 5.97 Å². The highest BCUT2D eigenvalue weighted by molar-refractivity contribution is 5.72. The summed E-state index contributed by atoms with van der Waals surface area (Å²) in [7, 11) is 0. The van der Waals surface area contributed by atoms with Crippen molar-refractivity contribution in [2.24, 2.45) is 11.8 Å². The monoisotopic (exact) mass is 255 g/mol. The van der Waals surface area contributed by atoms with Gasteiger partial charge in [-0.2, -0.15) is 0 Å². The highest BCUT2D eigenvalue weighted by Crippen LogP contribution is 2.30. The SMILES string of the molecule is CC1CCCC(CCNCC(=O)OC(C)(C)C)C1. The Morgan fingerprint density at radius 1 is 1.33 bits per heavy atom. The van der Waals surface area contributed by atoms with Gasteiger partial charge in [-0.25, -0.2) is 0 Å². The maximum Gasteiger partial charge on any atom is 0.320 e. The molecule has 18 heavy (non-hydrogen) atoms. The molecule has 0 heterocycles. The predicted octanol–water partition coefficient (Wildman–Crippen LogP) is 3.13. The van der Waals surface area contributed by atoms with Crippen LogP contribution in [0.15, 0.2) is 0 Å². The standard InChI is InChI=1S/C15H29NO2/c1-12-6-5-7-13(10-12)8-9-16-11-14(17)18-15(2,3)4/h12-13,16H,5-11H2,1-4H3. The van der Waals surface area contributed by atoms with Crippen LogP contribution < -0.4 is 5.32 Å². The number of esters is 1. The van der Waals surface area contributed by atoms with Crippen molar-refractivity contribution < 1.29 is 9.53 Å². The van der Waals surface area contributed by atoms with Crippen molar-refractivity contribution in [3.05, 3.63) is 0 Å². The largest absolute Gasteiger partial charge is 0.459 e. The Kier molecular flexibility index (Phi) is 6.13. The summed E-state index contributed by atoms with van der Waals surface area (Å²) in [6.45, 7) is 9.30. The van der Waals surface area contributed by atoms with Crippen molar-refractivity contribution in [1.82, 2.24) is 5.32 Å². The first-order valence-electron chi connectivity index (χ1n) is 7.29. The van der Waals surface area contributed by atoms with Gasteiger partial charge in [0.15, 0.2) is 0 Å². The van der Waals surface area contributed by atoms with E-state index in [1.807, 2.05) is 20.8 Å². The molecule has 1 aliphatic carbocycles. The third-order valence-corrected chi connectivity index (χ3v) is 3.46. The number of rotatable bonds is 5. The smallest absolute Gasteiger partial charge is 0.320 e. The van der Waals surface area contributed by atoms with E-state index in [1.54, 1.807) is 0 Å². The number of hydrogen-bond donors (Lipinski definition) is 1. The molecule has 1 saturated carbocycles. The molecule has 0 aliphatic heterocycles. The predicted molar refractivity (Wildman–Crippen MR) is 74.5 cm³/mol. The van der Waals surface area contributed by atoms with E-state index in [0.717, 1.165) is 18.4 Å². The van der Waals surface area contributed by atoms with Crippen LogP contribution in [-0.4, -0.2) is 24.7 Å². The van der Waals surface area contributed by atoms with Crippen LogP contribution in [0.4, 0.5) is 0 Å². The van der Waals surface area contributed by atoms with Crippen molar-refractivity contribution in [2.45, 2.75) is 65.4 Å². The molecule has 2 unspecified atom stereocenters. The zero-order chi connectivity index (χ0) is 13.6. The average molecular weight is 255 g/mol. The molecule has 106 valence electrons. The Balaban J connectivity index is 2.06. The number of nitrogens with one attached hydrogen (secondary N) is 1. The van der Waals surface area contributed by atoms with E-state index in [2.05, 4.69) is 12.2 Å². The molecule has 0 spiro atoms. The highest BCUT2D eigenvalue weighted by atomic mass is 16.6. The first kappa shape index (κ1) is 15.5. The lowest BCUT2D eigenvalue weighted by atomic mass is 9.81. The summed E-state index contributed by atoms with van der Waals surface area (Å²) < 4.78 is 5.25. The lowest BCUT2D eigenvalue weighted by Gasteiger charge is -2.26. The lowest BCUT2D eigenvalue weighted by molar-refractivity contribution is -0.153. The fourth-order valence-electron chi connectivity index (χ4n) is 2.70. The van der Waals surface area contributed by atoms with Gasteiger partial charge in [0.05, 0.1) is 6.54 Å². The molecule has 0 aromatic heterocycles. The van der Waals surface area contributed by atoms with E-state index < -0.39 is 0 Å². The molecule has 2 atom stereocenters. The van der Waals surface area contributed by atoms with Gasteiger partial charge in [0.1, 0.15) is 5.60 Å². The minimum absolute atomic E-state index is 0.153. The zero-order valence-corrected chi connectivity index (χ0v) is 12.4. The van der Waals surface area contributed by atoms with Crippen molar-refractivity contribution in [3.63, 3.8) is 0 Å². The summed E-state index contributed by atoms with van der Waals surface area (Å²) in [6.07, 6.45) is 6.67. The van der Waals surface area contributed by atoms with Gasteiger partial charge in [-0.05, 0) is 52.0 Å². The van der Waals surface area contributed by atoms with Gasteiger partial charge in [-0.1, -0.05) is 26.2 Å². The summed E-state index contributed by atoms with van der Waals surface area (Å²) >= 11 is 0. The van der Waals surface area contributed by atoms with E-state index in [1.165, 1.54) is 32.1 Å². The molecule has 0 saturated heterocycles. The van der Waals surface area contributed by atoms with Gasteiger partial charge in [0.25, 0.3) is 0 Å². The summed E-state index contributed by atoms with van der Waals surface area (Å²) in [6, 6.07) is 0. The third kappa shape index (κ3) is 7.00. The average Bonchev–Trinajstić information content (AvgIpc) is 2.22. The normalized spacial score (nSPS) is 24.9. The topological polar surface area (TPSA) is 38.3 Å². The zero-order valence-electron chi connectivity index (χ0n) is 12.4. The van der Waals surface area contributed by atoms with Crippen LogP contribution >= 0.6 is 0 Å². The van der Waals surface area contributed by atoms with Crippen molar-refractivity contribution in [1.29, 1.82) is 0 Å². The van der Waals surface area contributed by atoms with E-state index in [9.17, 15) is 4.79 Å². The number of hydrogen-bond acceptors (Lipinski definition) is 3. The maximum absolute atomic E-state index is 11.5. The van der Waals surface area contributed by atoms with Gasteiger partial charge in [0.2, 0.25) is 0 Å². The maximum atomic E-state index is 11.5. The Morgan fingerprint density at radius 2 is 2.06 bits per heavy atom. The molecule has 1 rings (SSSR count).